The van der Waals surface area contributed by atoms with Crippen LogP contribution >= 0.6 is 0 Å². The van der Waals surface area contributed by atoms with Gasteiger partial charge in [0.1, 0.15) is 0 Å². The predicted octanol–water partition coefficient (Wildman–Crippen LogP) is -5.45. The molecule has 1 amide bonds. The number of carbonyl (C=O) groups excluding carboxylic acids is 1. The van der Waals surface area contributed by atoms with Gasteiger partial charge in [-0.1, -0.05) is 0 Å². The smallest absolute Gasteiger partial charge is 1.00 e. The fourth-order valence-corrected chi connectivity index (χ4v) is 2.04. The Kier molecular flexibility index (Phi) is 6.58. The van der Waals surface area contributed by atoms with E-state index in [4.69, 9.17) is 9.20 Å². The monoisotopic (exact) mass is 297 g/mol. The molecule has 0 bridgehead atoms. The molecule has 0 aliphatic heterocycles. The van der Waals surface area contributed by atoms with E-state index in [1.54, 1.807) is 0 Å². The summed E-state index contributed by atoms with van der Waals surface area (Å²) in [5.41, 5.74) is 0.349. The van der Waals surface area contributed by atoms with Crippen LogP contribution < -0.4 is 43.3 Å². The summed E-state index contributed by atoms with van der Waals surface area (Å²) in [5.74, 6) is -0.595. The fraction of sp³-hybridized carbons (Fsp3) is 0.125. The van der Waals surface area contributed by atoms with E-state index in [1.807, 2.05) is 0 Å². The third-order valence-corrected chi connectivity index (χ3v) is 3.62. The molecule has 16 heavy (non-hydrogen) atoms. The van der Waals surface area contributed by atoms with E-state index in [-0.39, 0.29) is 33.9 Å². The first kappa shape index (κ1) is 15.9. The van der Waals surface area contributed by atoms with Gasteiger partial charge in [-0.05, 0) is 0 Å². The number of aliphatic hydroxyl groups is 1. The van der Waals surface area contributed by atoms with Gasteiger partial charge in [-0.3, -0.25) is 0 Å². The van der Waals surface area contributed by atoms with Crippen LogP contribution in [0.2, 0.25) is 0 Å². The molecule has 0 aliphatic carbocycles. The van der Waals surface area contributed by atoms with Crippen LogP contribution in [0.25, 0.3) is 0 Å². The molecule has 0 saturated heterocycles. The molecule has 1 rings (SSSR count). The molecular formula is C8H9AsNNaO5. The number of rotatable bonds is 3. The predicted molar refractivity (Wildman–Crippen MR) is 50.5 cm³/mol. The van der Waals surface area contributed by atoms with Crippen LogP contribution in [0.15, 0.2) is 24.3 Å². The second kappa shape index (κ2) is 6.61. The largest absolute Gasteiger partial charge is 1.00 e. The second-order valence-corrected chi connectivity index (χ2v) is 6.04. The molecule has 82 valence electrons. The van der Waals surface area contributed by atoms with E-state index >= 15 is 0 Å². The molecule has 0 saturated carbocycles. The number of nitrogens with one attached hydrogen (secondary N) is 1. The minimum absolute atomic E-state index is 0. The molecule has 8 heteroatoms. The van der Waals surface area contributed by atoms with Gasteiger partial charge in [0.2, 0.25) is 0 Å². The Morgan fingerprint density at radius 1 is 1.38 bits per heavy atom. The Hall–Kier alpha value is -0.0716. The fourth-order valence-electron chi connectivity index (χ4n) is 0.934. The van der Waals surface area contributed by atoms with Crippen LogP contribution in [0.3, 0.4) is 0 Å². The molecule has 1 aromatic rings. The Bertz CT molecular complexity index is 401. The number of amides is 1. The van der Waals surface area contributed by atoms with Gasteiger partial charge in [0.15, 0.2) is 0 Å². The topological polar surface area (TPSA) is 110 Å². The van der Waals surface area contributed by atoms with Gasteiger partial charge in [-0.25, -0.2) is 0 Å². The zero-order chi connectivity index (χ0) is 11.5. The van der Waals surface area contributed by atoms with E-state index in [1.165, 1.54) is 24.3 Å². The first-order valence-corrected chi connectivity index (χ1v) is 7.29. The van der Waals surface area contributed by atoms with E-state index in [0.29, 0.717) is 5.69 Å². The van der Waals surface area contributed by atoms with Crippen LogP contribution in [0.4, 0.5) is 5.69 Å². The van der Waals surface area contributed by atoms with Crippen LogP contribution in [0.1, 0.15) is 0 Å². The normalized spacial score (nSPS) is 13.4. The summed E-state index contributed by atoms with van der Waals surface area (Å²) in [6, 6.07) is 5.01. The van der Waals surface area contributed by atoms with Crippen molar-refractivity contribution >= 4 is 30.1 Å². The van der Waals surface area contributed by atoms with Crippen LogP contribution in [0.5, 0.6) is 0 Å². The first-order valence-electron chi connectivity index (χ1n) is 3.98. The van der Waals surface area contributed by atoms with Gasteiger partial charge >= 0.3 is 118 Å². The van der Waals surface area contributed by atoms with Gasteiger partial charge in [0.25, 0.3) is 0 Å². The molecule has 6 nitrogen and oxygen atoms in total. The van der Waals surface area contributed by atoms with Crippen molar-refractivity contribution in [2.45, 2.75) is 0 Å². The van der Waals surface area contributed by atoms with Gasteiger partial charge < -0.3 is 0 Å². The van der Waals surface area contributed by atoms with Gasteiger partial charge in [0, 0.05) is 0 Å². The molecule has 0 radical (unpaired) electrons. The number of hydrogen-bond acceptors (Lipinski definition) is 4. The Labute approximate surface area is 117 Å². The van der Waals surface area contributed by atoms with Crippen molar-refractivity contribution in [2.24, 2.45) is 0 Å². The van der Waals surface area contributed by atoms with Crippen LogP contribution in [0, 0.1) is 0 Å². The van der Waals surface area contributed by atoms with Crippen molar-refractivity contribution in [3.05, 3.63) is 24.3 Å². The quantitative estimate of drug-likeness (QED) is 0.482. The SMILES string of the molecule is O=C(CO)Nc1ccc([As](=O)([O-])O)cc1.[Na+]. The minimum Gasteiger partial charge on any atom is 1.00 e. The molecule has 3 N–H and O–H groups in total. The summed E-state index contributed by atoms with van der Waals surface area (Å²) in [7, 11) is 0. The summed E-state index contributed by atoms with van der Waals surface area (Å²) in [5, 5.41) is 10.8. The van der Waals surface area contributed by atoms with Crippen molar-refractivity contribution in [1.82, 2.24) is 0 Å². The molecule has 0 spiro atoms. The van der Waals surface area contributed by atoms with Crippen molar-refractivity contribution in [2.75, 3.05) is 11.9 Å². The van der Waals surface area contributed by atoms with Crippen molar-refractivity contribution < 1.29 is 51.4 Å². The summed E-state index contributed by atoms with van der Waals surface area (Å²) >= 11 is -5.09. The average Bonchev–Trinajstić information content (AvgIpc) is 2.17. The number of anilines is 1. The maximum absolute atomic E-state index is 10.7. The second-order valence-electron chi connectivity index (χ2n) is 2.77. The molecule has 0 aromatic heterocycles. The van der Waals surface area contributed by atoms with Crippen molar-refractivity contribution in [3.63, 3.8) is 0 Å². The van der Waals surface area contributed by atoms with Gasteiger partial charge in [-0.2, -0.15) is 0 Å². The third-order valence-electron chi connectivity index (χ3n) is 1.62. The number of aliphatic hydroxyl groups excluding tert-OH is 1. The molecule has 0 aliphatic rings. The average molecular weight is 297 g/mol. The molecule has 1 aromatic carbocycles. The van der Waals surface area contributed by atoms with Crippen LogP contribution in [-0.4, -0.2) is 35.9 Å². The van der Waals surface area contributed by atoms with E-state index in [0.717, 1.165) is 0 Å². The molecule has 1 unspecified atom stereocenters. The standard InChI is InChI=1S/C8H10AsNO5.Na/c11-5-8(12)10-7-3-1-6(2-4-7)9(13,14)15;/h1-4,11H,5H2,(H,10,12)(H2,13,14,15);/q;+1/p-1. The summed E-state index contributed by atoms with van der Waals surface area (Å²) in [6.07, 6.45) is 0. The molecule has 0 fully saturated rings. The Morgan fingerprint density at radius 2 is 1.88 bits per heavy atom. The maximum atomic E-state index is 10.7. The van der Waals surface area contributed by atoms with E-state index < -0.39 is 26.7 Å². The minimum atomic E-state index is -5.09. The molecule has 1 atom stereocenters. The number of hydrogen-bond donors (Lipinski definition) is 3. The first-order chi connectivity index (χ1) is 6.93. The summed E-state index contributed by atoms with van der Waals surface area (Å²) < 4.78 is 30.0. The molecule has 0 heterocycles. The zero-order valence-electron chi connectivity index (χ0n) is 8.58. The number of benzene rings is 1. The van der Waals surface area contributed by atoms with Gasteiger partial charge in [-0.15, -0.1) is 0 Å². The van der Waals surface area contributed by atoms with E-state index in [9.17, 15) is 12.6 Å². The Balaban J connectivity index is 0.00000225. The summed E-state index contributed by atoms with van der Waals surface area (Å²) in [6.45, 7) is -0.647. The maximum Gasteiger partial charge on any atom is 1.00 e. The third kappa shape index (κ3) is 4.84. The van der Waals surface area contributed by atoms with Gasteiger partial charge in [0.05, 0.1) is 0 Å². The Morgan fingerprint density at radius 3 is 2.25 bits per heavy atom. The van der Waals surface area contributed by atoms with E-state index in [2.05, 4.69) is 5.32 Å². The molecular weight excluding hydrogens is 288 g/mol. The van der Waals surface area contributed by atoms with Crippen LogP contribution in [-0.2, 0) is 8.53 Å². The number of carbonyl (C=O) groups is 1. The summed E-state index contributed by atoms with van der Waals surface area (Å²) in [4.78, 5) is 10.7. The zero-order valence-corrected chi connectivity index (χ0v) is 12.5. The van der Waals surface area contributed by atoms with Crippen molar-refractivity contribution in [1.29, 1.82) is 0 Å². The van der Waals surface area contributed by atoms with Crippen molar-refractivity contribution in [3.8, 4) is 0 Å².